The van der Waals surface area contributed by atoms with Gasteiger partial charge in [-0.15, -0.1) is 11.6 Å². The topological polar surface area (TPSA) is 38.4 Å². The zero-order valence-electron chi connectivity index (χ0n) is 10.5. The van der Waals surface area contributed by atoms with Crippen LogP contribution in [0.4, 0.5) is 0 Å². The van der Waals surface area contributed by atoms with Crippen LogP contribution < -0.4 is 5.73 Å². The molecule has 1 unspecified atom stereocenters. The Morgan fingerprint density at radius 3 is 2.29 bits per heavy atom. The van der Waals surface area contributed by atoms with Gasteiger partial charge in [-0.1, -0.05) is 56.3 Å². The van der Waals surface area contributed by atoms with Crippen LogP contribution in [0.3, 0.4) is 0 Å². The largest absolute Gasteiger partial charge is 0.386 e. The summed E-state index contributed by atoms with van der Waals surface area (Å²) in [6.07, 6.45) is 5.70. The Labute approximate surface area is 119 Å². The smallest absolute Gasteiger partial charge is 0.145 e. The third-order valence-electron chi connectivity index (χ3n) is 2.33. The van der Waals surface area contributed by atoms with Crippen molar-refractivity contribution in [3.63, 3.8) is 0 Å². The molecule has 0 aromatic carbocycles. The molecular weight excluding hydrogens is 279 g/mol. The van der Waals surface area contributed by atoms with Crippen LogP contribution in [-0.2, 0) is 0 Å². The first-order chi connectivity index (χ1) is 8.02. The Morgan fingerprint density at radius 2 is 1.76 bits per heavy atom. The Bertz CT molecular complexity index is 275. The van der Waals surface area contributed by atoms with Crippen LogP contribution in [0.25, 0.3) is 0 Å². The molecule has 17 heavy (non-hydrogen) atoms. The van der Waals surface area contributed by atoms with E-state index >= 15 is 0 Å². The predicted octanol–water partition coefficient (Wildman–Crippen LogP) is 4.98. The second-order valence-electron chi connectivity index (χ2n) is 3.95. The van der Waals surface area contributed by atoms with E-state index in [-0.39, 0.29) is 10.5 Å². The number of hydrogen-bond acceptors (Lipinski definition) is 1. The molecule has 0 amide bonds. The van der Waals surface area contributed by atoms with E-state index in [1.165, 1.54) is 0 Å². The molecule has 0 aliphatic carbocycles. The maximum absolute atomic E-state index is 6.08. The van der Waals surface area contributed by atoms with Crippen LogP contribution in [0, 0.1) is 0 Å². The molecule has 0 bridgehead atoms. The van der Waals surface area contributed by atoms with Gasteiger partial charge < -0.3 is 5.73 Å². The number of alkyl halides is 1. The minimum absolute atomic E-state index is 0.264. The molecule has 0 saturated heterocycles. The van der Waals surface area contributed by atoms with Crippen LogP contribution >= 0.6 is 34.8 Å². The average molecular weight is 300 g/mol. The molecule has 100 valence electrons. The lowest BCUT2D eigenvalue weighted by atomic mass is 10.2. The Kier molecular flexibility index (Phi) is 10.1. The van der Waals surface area contributed by atoms with Gasteiger partial charge in [-0.25, -0.2) is 4.99 Å². The number of nitrogens with zero attached hydrogens (tertiary/aromatic N) is 1. The Morgan fingerprint density at radius 1 is 1.18 bits per heavy atom. The standard InChI is InChI=1S/C12H21Cl3N2/c1-3-5-7-9(13)11(15)17-12(16)10(14)8-6-4-2/h10H,3-8H2,1-2H3,(H2,16,17)/b11-9-. The van der Waals surface area contributed by atoms with Crippen LogP contribution in [0.1, 0.15) is 52.4 Å². The minimum Gasteiger partial charge on any atom is -0.386 e. The van der Waals surface area contributed by atoms with Gasteiger partial charge in [0.2, 0.25) is 0 Å². The summed E-state index contributed by atoms with van der Waals surface area (Å²) in [7, 11) is 0. The number of amidine groups is 1. The average Bonchev–Trinajstić information content (AvgIpc) is 2.32. The van der Waals surface area contributed by atoms with Gasteiger partial charge in [0.1, 0.15) is 11.0 Å². The normalized spacial score (nSPS) is 15.7. The van der Waals surface area contributed by atoms with Crippen LogP contribution in [0.2, 0.25) is 0 Å². The lowest BCUT2D eigenvalue weighted by Gasteiger charge is -2.08. The third kappa shape index (κ3) is 7.91. The highest BCUT2D eigenvalue weighted by molar-refractivity contribution is 6.40. The second-order valence-corrected chi connectivity index (χ2v) is 5.29. The second kappa shape index (κ2) is 10.0. The molecule has 1 atom stereocenters. The molecule has 0 fully saturated rings. The highest BCUT2D eigenvalue weighted by Crippen LogP contribution is 2.21. The van der Waals surface area contributed by atoms with Gasteiger partial charge in [-0.3, -0.25) is 0 Å². The summed E-state index contributed by atoms with van der Waals surface area (Å²) in [5.41, 5.74) is 5.77. The summed E-state index contributed by atoms with van der Waals surface area (Å²) in [6.45, 7) is 4.20. The van der Waals surface area contributed by atoms with Gasteiger partial charge >= 0.3 is 0 Å². The summed E-state index contributed by atoms with van der Waals surface area (Å²) in [5.74, 6) is 0.347. The molecule has 0 rings (SSSR count). The number of nitrogens with two attached hydrogens (primary N) is 1. The van der Waals surface area contributed by atoms with E-state index < -0.39 is 0 Å². The number of hydrogen-bond donors (Lipinski definition) is 1. The molecule has 0 aromatic heterocycles. The van der Waals surface area contributed by atoms with Crippen molar-refractivity contribution in [1.82, 2.24) is 0 Å². The lowest BCUT2D eigenvalue weighted by molar-refractivity contribution is 0.743. The molecule has 0 radical (unpaired) electrons. The molecule has 0 aromatic rings. The van der Waals surface area contributed by atoms with Gasteiger partial charge in [0.05, 0.1) is 10.4 Å². The van der Waals surface area contributed by atoms with E-state index in [0.717, 1.165) is 38.5 Å². The molecule has 2 N–H and O–H groups in total. The van der Waals surface area contributed by atoms with Crippen molar-refractivity contribution < 1.29 is 0 Å². The first-order valence-corrected chi connectivity index (χ1v) is 7.24. The molecule has 2 nitrogen and oxygen atoms in total. The first kappa shape index (κ1) is 17.1. The van der Waals surface area contributed by atoms with Gasteiger partial charge in [0.15, 0.2) is 0 Å². The van der Waals surface area contributed by atoms with Crippen molar-refractivity contribution in [3.8, 4) is 0 Å². The van der Waals surface area contributed by atoms with Crippen molar-refractivity contribution in [2.24, 2.45) is 10.7 Å². The molecule has 5 heteroatoms. The quantitative estimate of drug-likeness (QED) is 0.292. The summed E-state index contributed by atoms with van der Waals surface area (Å²) < 4.78 is 0. The summed E-state index contributed by atoms with van der Waals surface area (Å²) in [4.78, 5) is 4.06. The highest BCUT2D eigenvalue weighted by atomic mass is 35.5. The number of allylic oxidation sites excluding steroid dienone is 1. The fourth-order valence-electron chi connectivity index (χ4n) is 1.21. The fourth-order valence-corrected chi connectivity index (χ4v) is 1.78. The van der Waals surface area contributed by atoms with Crippen LogP contribution in [0.5, 0.6) is 0 Å². The maximum Gasteiger partial charge on any atom is 0.145 e. The Hall–Kier alpha value is 0.0800. The molecule has 0 aliphatic rings. The molecule has 0 aliphatic heterocycles. The van der Waals surface area contributed by atoms with Gasteiger partial charge in [-0.2, -0.15) is 0 Å². The van der Waals surface area contributed by atoms with E-state index in [9.17, 15) is 0 Å². The number of unbranched alkanes of at least 4 members (excludes halogenated alkanes) is 2. The van der Waals surface area contributed by atoms with E-state index in [0.29, 0.717) is 10.9 Å². The minimum atomic E-state index is -0.264. The van der Waals surface area contributed by atoms with Gasteiger partial charge in [0.25, 0.3) is 0 Å². The fraction of sp³-hybridized carbons (Fsp3) is 0.750. The monoisotopic (exact) mass is 298 g/mol. The van der Waals surface area contributed by atoms with Gasteiger partial charge in [0, 0.05) is 0 Å². The van der Waals surface area contributed by atoms with Gasteiger partial charge in [-0.05, 0) is 19.3 Å². The molecule has 0 saturated carbocycles. The van der Waals surface area contributed by atoms with Crippen molar-refractivity contribution >= 4 is 40.6 Å². The molecule has 0 spiro atoms. The van der Waals surface area contributed by atoms with E-state index in [1.54, 1.807) is 0 Å². The number of aliphatic imine (C=N–C) groups is 1. The Balaban J connectivity index is 4.43. The molecular formula is C12H21Cl3N2. The van der Waals surface area contributed by atoms with Crippen molar-refractivity contribution in [2.75, 3.05) is 0 Å². The highest BCUT2D eigenvalue weighted by Gasteiger charge is 2.10. The van der Waals surface area contributed by atoms with E-state index in [1.807, 2.05) is 0 Å². The summed E-state index contributed by atoms with van der Waals surface area (Å²) in [6, 6.07) is 0. The lowest BCUT2D eigenvalue weighted by Crippen LogP contribution is -2.24. The zero-order valence-corrected chi connectivity index (χ0v) is 12.7. The van der Waals surface area contributed by atoms with Crippen LogP contribution in [0.15, 0.2) is 15.2 Å². The van der Waals surface area contributed by atoms with Crippen molar-refractivity contribution in [1.29, 1.82) is 0 Å². The predicted molar refractivity (Wildman–Crippen MR) is 79.0 cm³/mol. The van der Waals surface area contributed by atoms with E-state index in [4.69, 9.17) is 40.5 Å². The van der Waals surface area contributed by atoms with Crippen LogP contribution in [-0.4, -0.2) is 11.2 Å². The number of halogens is 3. The zero-order chi connectivity index (χ0) is 13.3. The summed E-state index contributed by atoms with van der Waals surface area (Å²) in [5, 5.41) is 0.551. The van der Waals surface area contributed by atoms with E-state index in [2.05, 4.69) is 18.8 Å². The van der Waals surface area contributed by atoms with Crippen molar-refractivity contribution in [2.45, 2.75) is 57.7 Å². The SMILES string of the molecule is CCCC/C(Cl)=C(Cl)/N=C(\N)C(Cl)CCCC. The first-order valence-electron chi connectivity index (χ1n) is 6.05. The maximum atomic E-state index is 6.08. The third-order valence-corrected chi connectivity index (χ3v) is 3.55. The molecule has 0 heterocycles. The summed E-state index contributed by atoms with van der Waals surface area (Å²) >= 11 is 18.0. The number of rotatable bonds is 8. The van der Waals surface area contributed by atoms with Crippen molar-refractivity contribution in [3.05, 3.63) is 10.2 Å².